The number of benzene rings is 1. The molecule has 0 saturated carbocycles. The number of nitrogens with zero attached hydrogens (tertiary/aromatic N) is 1. The predicted molar refractivity (Wildman–Crippen MR) is 82.9 cm³/mol. The maximum atomic E-state index is 5.71. The molecule has 2 N–H and O–H groups in total. The number of ether oxygens (including phenoxy) is 3. The summed E-state index contributed by atoms with van der Waals surface area (Å²) < 4.78 is 16.3. The number of methoxy groups -OCH3 is 2. The fourth-order valence-corrected chi connectivity index (χ4v) is 2.71. The van der Waals surface area contributed by atoms with E-state index < -0.39 is 0 Å². The van der Waals surface area contributed by atoms with E-state index in [0.717, 1.165) is 44.0 Å². The van der Waals surface area contributed by atoms with Gasteiger partial charge in [0.1, 0.15) is 0 Å². The first-order chi connectivity index (χ1) is 10.3. The summed E-state index contributed by atoms with van der Waals surface area (Å²) in [6, 6.07) is 6.11. The number of piperidine rings is 1. The van der Waals surface area contributed by atoms with Gasteiger partial charge in [0, 0.05) is 26.2 Å². The first kappa shape index (κ1) is 16.1. The fraction of sp³-hybridized carbons (Fsp3) is 0.625. The Kier molecular flexibility index (Phi) is 6.29. The highest BCUT2D eigenvalue weighted by molar-refractivity contribution is 5.42. The van der Waals surface area contributed by atoms with Crippen LogP contribution in [0.1, 0.15) is 18.4 Å². The maximum absolute atomic E-state index is 5.71. The van der Waals surface area contributed by atoms with Crippen LogP contribution in [-0.4, -0.2) is 51.5 Å². The van der Waals surface area contributed by atoms with Crippen molar-refractivity contribution < 1.29 is 14.2 Å². The predicted octanol–water partition coefficient (Wildman–Crippen LogP) is 1.64. The molecular weight excluding hydrogens is 268 g/mol. The third-order valence-electron chi connectivity index (χ3n) is 3.86. The first-order valence-electron chi connectivity index (χ1n) is 7.51. The van der Waals surface area contributed by atoms with Crippen LogP contribution in [0.15, 0.2) is 18.2 Å². The van der Waals surface area contributed by atoms with Gasteiger partial charge in [0.25, 0.3) is 0 Å². The van der Waals surface area contributed by atoms with Crippen LogP contribution in [0, 0.1) is 0 Å². The zero-order valence-electron chi connectivity index (χ0n) is 13.0. The van der Waals surface area contributed by atoms with Crippen molar-refractivity contribution in [3.8, 4) is 11.5 Å². The molecular formula is C16H26N2O3. The molecule has 1 aliphatic heterocycles. The van der Waals surface area contributed by atoms with E-state index in [9.17, 15) is 0 Å². The van der Waals surface area contributed by atoms with Crippen molar-refractivity contribution in [1.29, 1.82) is 0 Å². The van der Waals surface area contributed by atoms with Crippen LogP contribution in [0.2, 0.25) is 0 Å². The van der Waals surface area contributed by atoms with Gasteiger partial charge < -0.3 is 19.9 Å². The lowest BCUT2D eigenvalue weighted by molar-refractivity contribution is 0.00977. The second kappa shape index (κ2) is 8.22. The SMILES string of the molecule is COc1ccc(CN2CCC(OCCN)CC2)cc1OC. The summed E-state index contributed by atoms with van der Waals surface area (Å²) >= 11 is 0. The average molecular weight is 294 g/mol. The molecule has 0 amide bonds. The van der Waals surface area contributed by atoms with Gasteiger partial charge in [-0.1, -0.05) is 6.07 Å². The minimum Gasteiger partial charge on any atom is -0.493 e. The number of hydrogen-bond acceptors (Lipinski definition) is 5. The molecule has 0 aromatic heterocycles. The zero-order valence-corrected chi connectivity index (χ0v) is 13.0. The van der Waals surface area contributed by atoms with Crippen molar-refractivity contribution in [2.45, 2.75) is 25.5 Å². The van der Waals surface area contributed by atoms with Gasteiger partial charge in [-0.2, -0.15) is 0 Å². The minimum atomic E-state index is 0.371. The molecule has 0 atom stereocenters. The standard InChI is InChI=1S/C16H26N2O3/c1-19-15-4-3-13(11-16(15)20-2)12-18-8-5-14(6-9-18)21-10-7-17/h3-4,11,14H,5-10,12,17H2,1-2H3. The molecule has 0 radical (unpaired) electrons. The van der Waals surface area contributed by atoms with Gasteiger partial charge in [-0.15, -0.1) is 0 Å². The largest absolute Gasteiger partial charge is 0.493 e. The Morgan fingerprint density at radius 1 is 1.14 bits per heavy atom. The lowest BCUT2D eigenvalue weighted by Crippen LogP contribution is -2.37. The molecule has 1 fully saturated rings. The van der Waals surface area contributed by atoms with E-state index >= 15 is 0 Å². The monoisotopic (exact) mass is 294 g/mol. The molecule has 5 heteroatoms. The van der Waals surface area contributed by atoms with Gasteiger partial charge in [0.2, 0.25) is 0 Å². The summed E-state index contributed by atoms with van der Waals surface area (Å²) in [5.74, 6) is 1.56. The van der Waals surface area contributed by atoms with Gasteiger partial charge in [-0.05, 0) is 30.5 Å². The van der Waals surface area contributed by atoms with Crippen molar-refractivity contribution >= 4 is 0 Å². The molecule has 118 valence electrons. The molecule has 0 spiro atoms. The van der Waals surface area contributed by atoms with Crippen LogP contribution in [0.5, 0.6) is 11.5 Å². The van der Waals surface area contributed by atoms with E-state index in [-0.39, 0.29) is 0 Å². The van der Waals surface area contributed by atoms with Crippen LogP contribution in [0.4, 0.5) is 0 Å². The molecule has 1 aromatic carbocycles. The Balaban J connectivity index is 1.86. The van der Waals surface area contributed by atoms with Crippen LogP contribution < -0.4 is 15.2 Å². The van der Waals surface area contributed by atoms with Crippen LogP contribution in [0.3, 0.4) is 0 Å². The maximum Gasteiger partial charge on any atom is 0.161 e. The quantitative estimate of drug-likeness (QED) is 0.828. The molecule has 1 heterocycles. The summed E-state index contributed by atoms with van der Waals surface area (Å²) in [6.07, 6.45) is 2.52. The first-order valence-corrected chi connectivity index (χ1v) is 7.51. The molecule has 0 aliphatic carbocycles. The van der Waals surface area contributed by atoms with Gasteiger partial charge in [-0.3, -0.25) is 4.90 Å². The van der Waals surface area contributed by atoms with Gasteiger partial charge >= 0.3 is 0 Å². The van der Waals surface area contributed by atoms with Crippen molar-refractivity contribution in [3.63, 3.8) is 0 Å². The van der Waals surface area contributed by atoms with Crippen molar-refractivity contribution in [2.75, 3.05) is 40.5 Å². The van der Waals surface area contributed by atoms with Crippen molar-refractivity contribution in [3.05, 3.63) is 23.8 Å². The highest BCUT2D eigenvalue weighted by Gasteiger charge is 2.19. The molecule has 0 bridgehead atoms. The van der Waals surface area contributed by atoms with Crippen LogP contribution in [0.25, 0.3) is 0 Å². The Hall–Kier alpha value is -1.30. The van der Waals surface area contributed by atoms with Crippen LogP contribution >= 0.6 is 0 Å². The number of nitrogens with two attached hydrogens (primary N) is 1. The third-order valence-corrected chi connectivity index (χ3v) is 3.86. The summed E-state index contributed by atoms with van der Waals surface area (Å²) in [6.45, 7) is 4.32. The molecule has 2 rings (SSSR count). The number of hydrogen-bond donors (Lipinski definition) is 1. The molecule has 0 unspecified atom stereocenters. The lowest BCUT2D eigenvalue weighted by atomic mass is 10.1. The number of likely N-dealkylation sites (tertiary alicyclic amines) is 1. The minimum absolute atomic E-state index is 0.371. The van der Waals surface area contributed by atoms with Gasteiger partial charge in [-0.25, -0.2) is 0 Å². The Labute approximate surface area is 127 Å². The summed E-state index contributed by atoms with van der Waals surface area (Å²) in [5, 5.41) is 0. The fourth-order valence-electron chi connectivity index (χ4n) is 2.71. The van der Waals surface area contributed by atoms with E-state index in [2.05, 4.69) is 17.0 Å². The van der Waals surface area contributed by atoms with E-state index in [0.29, 0.717) is 19.3 Å². The second-order valence-electron chi connectivity index (χ2n) is 5.32. The Morgan fingerprint density at radius 2 is 1.86 bits per heavy atom. The van der Waals surface area contributed by atoms with E-state index in [1.807, 2.05) is 6.07 Å². The van der Waals surface area contributed by atoms with Gasteiger partial charge in [0.15, 0.2) is 11.5 Å². The number of rotatable bonds is 7. The van der Waals surface area contributed by atoms with Crippen molar-refractivity contribution in [1.82, 2.24) is 4.90 Å². The topological polar surface area (TPSA) is 57.0 Å². The Morgan fingerprint density at radius 3 is 2.48 bits per heavy atom. The summed E-state index contributed by atoms with van der Waals surface area (Å²) in [7, 11) is 3.32. The highest BCUT2D eigenvalue weighted by Crippen LogP contribution is 2.28. The second-order valence-corrected chi connectivity index (χ2v) is 5.32. The van der Waals surface area contributed by atoms with Crippen LogP contribution in [-0.2, 0) is 11.3 Å². The summed E-state index contributed by atoms with van der Waals surface area (Å²) in [4.78, 5) is 2.45. The average Bonchev–Trinajstić information content (AvgIpc) is 2.54. The van der Waals surface area contributed by atoms with E-state index in [1.165, 1.54) is 5.56 Å². The molecule has 1 saturated heterocycles. The highest BCUT2D eigenvalue weighted by atomic mass is 16.5. The lowest BCUT2D eigenvalue weighted by Gasteiger charge is -2.32. The zero-order chi connectivity index (χ0) is 15.1. The third kappa shape index (κ3) is 4.59. The van der Waals surface area contributed by atoms with Crippen molar-refractivity contribution in [2.24, 2.45) is 5.73 Å². The molecule has 5 nitrogen and oxygen atoms in total. The van der Waals surface area contributed by atoms with E-state index in [4.69, 9.17) is 19.9 Å². The summed E-state index contributed by atoms with van der Waals surface area (Å²) in [5.41, 5.74) is 6.71. The van der Waals surface area contributed by atoms with Gasteiger partial charge in [0.05, 0.1) is 26.9 Å². The molecule has 1 aliphatic rings. The normalized spacial score (nSPS) is 16.9. The smallest absolute Gasteiger partial charge is 0.161 e. The Bertz CT molecular complexity index is 432. The molecule has 1 aromatic rings. The van der Waals surface area contributed by atoms with E-state index in [1.54, 1.807) is 14.2 Å². The molecule has 21 heavy (non-hydrogen) atoms.